The number of carbonyl (C=O) groups is 4. The van der Waals surface area contributed by atoms with Gasteiger partial charge in [0.15, 0.2) is 9.84 Å². The highest BCUT2D eigenvalue weighted by atomic mass is 127. The van der Waals surface area contributed by atoms with Crippen LogP contribution in [0.15, 0.2) is 57.0 Å². The first-order chi connectivity index (χ1) is 21.7. The highest BCUT2D eigenvalue weighted by Crippen LogP contribution is 2.33. The number of sulfone groups is 1. The number of halogens is 1. The summed E-state index contributed by atoms with van der Waals surface area (Å²) < 4.78 is 38.6. The van der Waals surface area contributed by atoms with Crippen molar-refractivity contribution in [3.8, 4) is 0 Å². The molecule has 14 heteroatoms. The number of carbonyl (C=O) groups excluding carboxylic acids is 4. The molecule has 0 saturated carbocycles. The van der Waals surface area contributed by atoms with Gasteiger partial charge >= 0.3 is 12.1 Å². The predicted octanol–water partition coefficient (Wildman–Crippen LogP) is 5.49. The van der Waals surface area contributed by atoms with Crippen molar-refractivity contribution in [2.45, 2.75) is 95.1 Å². The van der Waals surface area contributed by atoms with Crippen molar-refractivity contribution in [1.82, 2.24) is 15.5 Å². The summed E-state index contributed by atoms with van der Waals surface area (Å²) >= 11 is 3.25. The number of nitrogens with zero attached hydrogens (tertiary/aromatic N) is 1. The number of benzene rings is 1. The summed E-state index contributed by atoms with van der Waals surface area (Å²) in [5.41, 5.74) is 0.572. The summed E-state index contributed by atoms with van der Waals surface area (Å²) in [6.45, 7) is 17.4. The fraction of sp³-hybridized carbons (Fsp3) is 0.576. The van der Waals surface area contributed by atoms with Crippen molar-refractivity contribution < 1.29 is 37.1 Å². The Hall–Kier alpha value is -2.59. The molecular weight excluding hydrogens is 757 g/mol. The zero-order chi connectivity index (χ0) is 36.3. The molecule has 0 aliphatic rings. The number of alkyl carbamates (subject to hydrolysis) is 1. The monoisotopic (exact) mass is 807 g/mol. The lowest BCUT2D eigenvalue weighted by Crippen LogP contribution is -2.56. The summed E-state index contributed by atoms with van der Waals surface area (Å²) in [5, 5.41) is 5.06. The second kappa shape index (κ2) is 18.8. The molecule has 1 unspecified atom stereocenters. The maximum atomic E-state index is 13.3. The fourth-order valence-corrected chi connectivity index (χ4v) is 8.06. The maximum Gasteiger partial charge on any atom is 0.408 e. The lowest BCUT2D eigenvalue weighted by Gasteiger charge is -2.32. The quantitative estimate of drug-likeness (QED) is 0.126. The molecule has 0 radical (unpaired) electrons. The number of hydrogen-bond acceptors (Lipinski definition) is 9. The molecule has 3 amide bonds. The normalized spacial score (nSPS) is 15.4. The number of rotatable bonds is 16. The third kappa shape index (κ3) is 13.1. The van der Waals surface area contributed by atoms with Crippen LogP contribution in [0, 0.1) is 11.8 Å². The largest absolute Gasteiger partial charge is 0.456 e. The standard InChI is InChI=1S/C33H50IN3O8S2/c1-20(2)28(37(10)31(40)24(6)36-32(41)45-33(7,8)9)30(39)35-19-26(38)44-29(22(4)18-34)23(5)21(3)17-27(46-11)47(42,43)25-15-13-12-14-16-25/h12-16,18,20,23-24,27-29H,3,17,19H2,1-2,4-11H3,(H,35,39)(H,36,41)/b22-18+/t23-,24+,27?,28+,29+/m1/s1. The molecule has 1 rings (SSSR count). The van der Waals surface area contributed by atoms with E-state index in [1.807, 2.05) is 29.5 Å². The van der Waals surface area contributed by atoms with Crippen LogP contribution in [0.3, 0.4) is 0 Å². The molecule has 264 valence electrons. The third-order valence-electron chi connectivity index (χ3n) is 7.26. The van der Waals surface area contributed by atoms with Crippen LogP contribution in [0.4, 0.5) is 4.79 Å². The predicted molar refractivity (Wildman–Crippen MR) is 195 cm³/mol. The zero-order valence-electron chi connectivity index (χ0n) is 29.0. The Balaban J connectivity index is 2.96. The molecule has 1 aromatic rings. The van der Waals surface area contributed by atoms with E-state index in [-0.39, 0.29) is 17.2 Å². The van der Waals surface area contributed by atoms with Crippen molar-refractivity contribution >= 4 is 68.1 Å². The molecule has 2 N–H and O–H groups in total. The summed E-state index contributed by atoms with van der Waals surface area (Å²) in [4.78, 5) is 53.0. The van der Waals surface area contributed by atoms with Crippen molar-refractivity contribution in [1.29, 1.82) is 0 Å². The molecule has 11 nitrogen and oxygen atoms in total. The van der Waals surface area contributed by atoms with E-state index in [9.17, 15) is 27.6 Å². The number of nitrogens with one attached hydrogen (secondary N) is 2. The topological polar surface area (TPSA) is 148 Å². The van der Waals surface area contributed by atoms with Gasteiger partial charge in [-0.3, -0.25) is 14.4 Å². The van der Waals surface area contributed by atoms with Gasteiger partial charge in [-0.05, 0) is 75.0 Å². The number of amides is 3. The van der Waals surface area contributed by atoms with Crippen LogP contribution in [0.25, 0.3) is 0 Å². The Bertz CT molecular complexity index is 1390. The zero-order valence-corrected chi connectivity index (χ0v) is 32.7. The summed E-state index contributed by atoms with van der Waals surface area (Å²) in [6, 6.07) is 6.31. The van der Waals surface area contributed by atoms with Gasteiger partial charge in [0.05, 0.1) is 4.90 Å². The van der Waals surface area contributed by atoms with E-state index in [0.717, 1.165) is 5.57 Å². The fourth-order valence-electron chi connectivity index (χ4n) is 4.71. The first-order valence-electron chi connectivity index (χ1n) is 15.2. The smallest absolute Gasteiger partial charge is 0.408 e. The number of ether oxygens (including phenoxy) is 2. The van der Waals surface area contributed by atoms with Gasteiger partial charge in [0.25, 0.3) is 0 Å². The molecule has 0 heterocycles. The Morgan fingerprint density at radius 2 is 1.66 bits per heavy atom. The number of likely N-dealkylation sites (N-methyl/N-ethyl adjacent to an activating group) is 1. The van der Waals surface area contributed by atoms with Gasteiger partial charge in [-0.15, -0.1) is 11.8 Å². The van der Waals surface area contributed by atoms with Crippen LogP contribution in [0.5, 0.6) is 0 Å². The summed E-state index contributed by atoms with van der Waals surface area (Å²) in [7, 11) is -2.19. The van der Waals surface area contributed by atoms with Crippen LogP contribution in [0.1, 0.15) is 61.8 Å². The number of thioether (sulfide) groups is 1. The van der Waals surface area contributed by atoms with E-state index in [2.05, 4.69) is 17.2 Å². The minimum atomic E-state index is -3.64. The molecule has 0 bridgehead atoms. The van der Waals surface area contributed by atoms with E-state index >= 15 is 0 Å². The van der Waals surface area contributed by atoms with Gasteiger partial charge in [0, 0.05) is 13.0 Å². The molecule has 5 atom stereocenters. The van der Waals surface area contributed by atoms with E-state index in [1.165, 1.54) is 30.6 Å². The van der Waals surface area contributed by atoms with E-state index in [4.69, 9.17) is 9.47 Å². The average molecular weight is 808 g/mol. The summed E-state index contributed by atoms with van der Waals surface area (Å²) in [6.07, 6.45) is 0.364. The molecule has 0 aromatic heterocycles. The Labute approximate surface area is 298 Å². The second-order valence-electron chi connectivity index (χ2n) is 12.7. The molecular formula is C33H50IN3O8S2. The molecule has 0 aliphatic carbocycles. The van der Waals surface area contributed by atoms with Gasteiger partial charge in [-0.1, -0.05) is 73.7 Å². The first kappa shape index (κ1) is 42.4. The maximum absolute atomic E-state index is 13.3. The van der Waals surface area contributed by atoms with Crippen molar-refractivity contribution in [3.63, 3.8) is 0 Å². The van der Waals surface area contributed by atoms with Crippen LogP contribution < -0.4 is 10.6 Å². The molecule has 0 spiro atoms. The number of hydrogen-bond donors (Lipinski definition) is 2. The molecule has 0 fully saturated rings. The summed E-state index contributed by atoms with van der Waals surface area (Å²) in [5.74, 6) is -2.56. The third-order valence-corrected chi connectivity index (χ3v) is 12.1. The average Bonchev–Trinajstić information content (AvgIpc) is 2.99. The molecule has 47 heavy (non-hydrogen) atoms. The minimum Gasteiger partial charge on any atom is -0.456 e. The Morgan fingerprint density at radius 1 is 1.09 bits per heavy atom. The van der Waals surface area contributed by atoms with Gasteiger partial charge < -0.3 is 25.0 Å². The SMILES string of the molecule is C=C(CC(SC)S(=O)(=O)c1ccccc1)[C@@H](C)[C@@H](OC(=O)CNC(=O)[C@H](C(C)C)N(C)C(=O)[C@H](C)NC(=O)OC(C)(C)C)/C(C)=C/I. The number of esters is 1. The lowest BCUT2D eigenvalue weighted by atomic mass is 9.91. The van der Waals surface area contributed by atoms with Gasteiger partial charge in [0.2, 0.25) is 11.8 Å². The molecule has 1 aromatic carbocycles. The van der Waals surface area contributed by atoms with Gasteiger partial charge in [-0.25, -0.2) is 13.2 Å². The van der Waals surface area contributed by atoms with Crippen LogP contribution in [-0.2, 0) is 33.7 Å². The van der Waals surface area contributed by atoms with E-state index in [1.54, 1.807) is 82.2 Å². The first-order valence-corrected chi connectivity index (χ1v) is 19.3. The van der Waals surface area contributed by atoms with Gasteiger partial charge in [0.1, 0.15) is 34.9 Å². The van der Waals surface area contributed by atoms with Crippen LogP contribution >= 0.6 is 34.4 Å². The van der Waals surface area contributed by atoms with E-state index in [0.29, 0.717) is 5.57 Å². The second-order valence-corrected chi connectivity index (χ2v) is 16.8. The molecule has 0 aliphatic heterocycles. The van der Waals surface area contributed by atoms with Crippen molar-refractivity contribution in [2.75, 3.05) is 19.8 Å². The highest BCUT2D eigenvalue weighted by molar-refractivity contribution is 14.1. The highest BCUT2D eigenvalue weighted by Gasteiger charge is 2.35. The Morgan fingerprint density at radius 3 is 2.15 bits per heavy atom. The molecule has 0 saturated heterocycles. The van der Waals surface area contributed by atoms with E-state index < -0.39 is 74.5 Å². The van der Waals surface area contributed by atoms with Crippen molar-refractivity contribution in [2.24, 2.45) is 11.8 Å². The van der Waals surface area contributed by atoms with Crippen molar-refractivity contribution in [3.05, 3.63) is 52.1 Å². The van der Waals surface area contributed by atoms with Crippen LogP contribution in [-0.4, -0.2) is 85.4 Å². The minimum absolute atomic E-state index is 0.149. The van der Waals surface area contributed by atoms with Gasteiger partial charge in [-0.2, -0.15) is 0 Å². The van der Waals surface area contributed by atoms with Crippen LogP contribution in [0.2, 0.25) is 0 Å². The lowest BCUT2D eigenvalue weighted by molar-refractivity contribution is -0.149. The Kier molecular flexibility index (Phi) is 17.0.